The smallest absolute Gasteiger partial charge is 0.154 e. The molecule has 5 heteroatoms. The van der Waals surface area contributed by atoms with Gasteiger partial charge in [-0.05, 0) is 68.8 Å². The van der Waals surface area contributed by atoms with E-state index < -0.39 is 0 Å². The first-order chi connectivity index (χ1) is 14.6. The van der Waals surface area contributed by atoms with Crippen molar-refractivity contribution in [2.45, 2.75) is 48.5 Å². The van der Waals surface area contributed by atoms with Crippen LogP contribution < -0.4 is 4.74 Å². The summed E-state index contributed by atoms with van der Waals surface area (Å²) in [6.45, 7) is 14.0. The fourth-order valence-electron chi connectivity index (χ4n) is 3.17. The first-order valence-electron chi connectivity index (χ1n) is 10.5. The van der Waals surface area contributed by atoms with Crippen molar-refractivity contribution in [1.82, 2.24) is 19.6 Å². The van der Waals surface area contributed by atoms with Gasteiger partial charge in [-0.25, -0.2) is 9.50 Å². The van der Waals surface area contributed by atoms with Crippen LogP contribution in [0.5, 0.6) is 5.75 Å². The molecule has 0 bridgehead atoms. The molecule has 4 aromatic rings. The van der Waals surface area contributed by atoms with Gasteiger partial charge in [0.15, 0.2) is 5.65 Å². The molecule has 0 N–H and O–H groups in total. The number of ether oxygens (including phenoxy) is 1. The Labute approximate surface area is 179 Å². The lowest BCUT2D eigenvalue weighted by molar-refractivity contribution is 0.412. The molecule has 4 rings (SSSR count). The van der Waals surface area contributed by atoms with Gasteiger partial charge in [0.1, 0.15) is 5.75 Å². The highest BCUT2D eigenvalue weighted by Crippen LogP contribution is 2.28. The third kappa shape index (κ3) is 4.67. The monoisotopic (exact) mass is 404 g/mol. The molecule has 0 unspecified atom stereocenters. The molecule has 0 aliphatic carbocycles. The van der Waals surface area contributed by atoms with Crippen LogP contribution in [-0.4, -0.2) is 26.7 Å². The number of aromatic nitrogens is 4. The molecule has 0 amide bonds. The van der Waals surface area contributed by atoms with E-state index in [9.17, 15) is 0 Å². The average molecular weight is 405 g/mol. The van der Waals surface area contributed by atoms with E-state index in [1.54, 1.807) is 7.11 Å². The minimum atomic E-state index is 0.826. The van der Waals surface area contributed by atoms with E-state index in [2.05, 4.69) is 22.1 Å². The van der Waals surface area contributed by atoms with Crippen LogP contribution in [0.15, 0.2) is 48.7 Å². The number of aryl methyl sites for hydroxylation is 3. The topological polar surface area (TPSA) is 52.3 Å². The third-order valence-corrected chi connectivity index (χ3v) is 4.53. The van der Waals surface area contributed by atoms with Gasteiger partial charge in [0, 0.05) is 23.0 Å². The number of methoxy groups -OCH3 is 1. The number of nitrogens with zero attached hydrogens (tertiary/aromatic N) is 4. The first kappa shape index (κ1) is 23.1. The van der Waals surface area contributed by atoms with Crippen LogP contribution in [0.4, 0.5) is 0 Å². The summed E-state index contributed by atoms with van der Waals surface area (Å²) < 4.78 is 7.25. The van der Waals surface area contributed by atoms with E-state index in [0.717, 1.165) is 50.9 Å². The van der Waals surface area contributed by atoms with Crippen LogP contribution >= 0.6 is 0 Å². The number of fused-ring (bicyclic) bond motifs is 1. The molecule has 158 valence electrons. The quantitative estimate of drug-likeness (QED) is 0.394. The molecule has 3 heterocycles. The minimum Gasteiger partial charge on any atom is -0.496 e. The van der Waals surface area contributed by atoms with Gasteiger partial charge in [-0.3, -0.25) is 4.98 Å². The summed E-state index contributed by atoms with van der Waals surface area (Å²) in [6, 6.07) is 14.1. The minimum absolute atomic E-state index is 0.826. The van der Waals surface area contributed by atoms with Crippen molar-refractivity contribution < 1.29 is 4.74 Å². The highest BCUT2D eigenvalue weighted by Gasteiger charge is 2.14. The Morgan fingerprint density at radius 2 is 1.53 bits per heavy atom. The second-order valence-electron chi connectivity index (χ2n) is 6.41. The molecule has 3 aromatic heterocycles. The molecule has 0 saturated carbocycles. The zero-order valence-electron chi connectivity index (χ0n) is 19.3. The summed E-state index contributed by atoms with van der Waals surface area (Å²) in [4.78, 5) is 9.06. The van der Waals surface area contributed by atoms with Gasteiger partial charge in [0.25, 0.3) is 0 Å². The van der Waals surface area contributed by atoms with Crippen LogP contribution in [0.2, 0.25) is 0 Å². The number of rotatable bonds is 3. The molecule has 0 radical (unpaired) electrons. The predicted molar refractivity (Wildman–Crippen MR) is 125 cm³/mol. The van der Waals surface area contributed by atoms with Crippen LogP contribution in [0, 0.1) is 20.8 Å². The second-order valence-corrected chi connectivity index (χ2v) is 6.41. The Balaban J connectivity index is 0.000000757. The fourth-order valence-corrected chi connectivity index (χ4v) is 3.17. The van der Waals surface area contributed by atoms with Gasteiger partial charge in [-0.1, -0.05) is 27.7 Å². The molecule has 0 aliphatic rings. The molecule has 30 heavy (non-hydrogen) atoms. The lowest BCUT2D eigenvalue weighted by Crippen LogP contribution is -1.98. The molecule has 0 saturated heterocycles. The predicted octanol–water partition coefficient (Wildman–Crippen LogP) is 6.44. The molecule has 5 nitrogen and oxygen atoms in total. The van der Waals surface area contributed by atoms with Crippen LogP contribution in [0.3, 0.4) is 0 Å². The van der Waals surface area contributed by atoms with Gasteiger partial charge in [-0.2, -0.15) is 5.10 Å². The van der Waals surface area contributed by atoms with Gasteiger partial charge < -0.3 is 4.74 Å². The lowest BCUT2D eigenvalue weighted by Gasteiger charge is -2.08. The number of imidazole rings is 1. The Morgan fingerprint density at radius 3 is 2.13 bits per heavy atom. The number of hydrogen-bond donors (Lipinski definition) is 0. The van der Waals surface area contributed by atoms with Crippen molar-refractivity contribution in [3.05, 3.63) is 65.6 Å². The van der Waals surface area contributed by atoms with Crippen LogP contribution in [0.1, 0.15) is 44.6 Å². The summed E-state index contributed by atoms with van der Waals surface area (Å²) in [5.74, 6) is 0.875. The molecular weight excluding hydrogens is 372 g/mol. The zero-order valence-corrected chi connectivity index (χ0v) is 19.3. The van der Waals surface area contributed by atoms with Gasteiger partial charge in [0.05, 0.1) is 24.2 Å². The standard InChI is InChI=1S/C21H20N4O.2C2H6/c1-13-11-16(7-9-19(13)26-4)18-8-10-20-23-15(3)21(25(20)24-18)17-6-5-14(2)22-12-17;2*1-2/h5-12H,1-4H3;2*1-2H3. The second kappa shape index (κ2) is 10.5. The maximum atomic E-state index is 5.35. The number of hydrogen-bond acceptors (Lipinski definition) is 4. The third-order valence-electron chi connectivity index (χ3n) is 4.53. The summed E-state index contributed by atoms with van der Waals surface area (Å²) in [5.41, 5.74) is 7.75. The Kier molecular flexibility index (Phi) is 8.10. The van der Waals surface area contributed by atoms with Crippen molar-refractivity contribution in [2.75, 3.05) is 7.11 Å². The maximum absolute atomic E-state index is 5.35. The SMILES string of the molecule is CC.CC.COc1ccc(-c2ccc3nc(C)c(-c4ccc(C)nc4)n3n2)cc1C. The van der Waals surface area contributed by atoms with Gasteiger partial charge in [-0.15, -0.1) is 0 Å². The van der Waals surface area contributed by atoms with E-state index >= 15 is 0 Å². The highest BCUT2D eigenvalue weighted by atomic mass is 16.5. The van der Waals surface area contributed by atoms with Crippen molar-refractivity contribution in [3.63, 3.8) is 0 Å². The van der Waals surface area contributed by atoms with Crippen molar-refractivity contribution in [2.24, 2.45) is 0 Å². The van der Waals surface area contributed by atoms with Crippen LogP contribution in [-0.2, 0) is 0 Å². The summed E-state index contributed by atoms with van der Waals surface area (Å²) in [7, 11) is 1.68. The lowest BCUT2D eigenvalue weighted by atomic mass is 10.1. The van der Waals surface area contributed by atoms with E-state index in [4.69, 9.17) is 9.84 Å². The summed E-state index contributed by atoms with van der Waals surface area (Å²) >= 11 is 0. The Hall–Kier alpha value is -3.21. The van der Waals surface area contributed by atoms with E-state index in [0.29, 0.717) is 0 Å². The maximum Gasteiger partial charge on any atom is 0.154 e. The van der Waals surface area contributed by atoms with Gasteiger partial charge >= 0.3 is 0 Å². The van der Waals surface area contributed by atoms with E-state index in [1.165, 1.54) is 0 Å². The van der Waals surface area contributed by atoms with Crippen molar-refractivity contribution in [1.29, 1.82) is 0 Å². The van der Waals surface area contributed by atoms with E-state index in [1.807, 2.05) is 89.5 Å². The summed E-state index contributed by atoms with van der Waals surface area (Å²) in [6.07, 6.45) is 1.87. The molecule has 0 spiro atoms. The van der Waals surface area contributed by atoms with Crippen molar-refractivity contribution >= 4 is 5.65 Å². The Morgan fingerprint density at radius 1 is 0.833 bits per heavy atom. The first-order valence-corrected chi connectivity index (χ1v) is 10.5. The molecular formula is C25H32N4O. The Bertz CT molecular complexity index is 1100. The average Bonchev–Trinajstić information content (AvgIpc) is 3.12. The van der Waals surface area contributed by atoms with E-state index in [-0.39, 0.29) is 0 Å². The normalized spacial score (nSPS) is 10.0. The van der Waals surface area contributed by atoms with Crippen LogP contribution in [0.25, 0.3) is 28.2 Å². The molecule has 0 atom stereocenters. The molecule has 0 aliphatic heterocycles. The molecule has 1 aromatic carbocycles. The zero-order chi connectivity index (χ0) is 22.3. The van der Waals surface area contributed by atoms with Gasteiger partial charge in [0.2, 0.25) is 0 Å². The molecule has 0 fully saturated rings. The fraction of sp³-hybridized carbons (Fsp3) is 0.320. The highest BCUT2D eigenvalue weighted by molar-refractivity contribution is 5.68. The number of pyridine rings is 1. The van der Waals surface area contributed by atoms with Crippen molar-refractivity contribution in [3.8, 4) is 28.3 Å². The summed E-state index contributed by atoms with van der Waals surface area (Å²) in [5, 5.41) is 4.85. The number of benzene rings is 1. The largest absolute Gasteiger partial charge is 0.496 e.